The monoisotopic (exact) mass is 517 g/mol. The molecule has 0 unspecified atom stereocenters. The van der Waals surface area contributed by atoms with Crippen LogP contribution in [0.25, 0.3) is 0 Å². The van der Waals surface area contributed by atoms with Gasteiger partial charge in [0.15, 0.2) is 0 Å². The molecule has 2 aromatic carbocycles. The molecule has 1 N–H and O–H groups in total. The van der Waals surface area contributed by atoms with E-state index in [0.717, 1.165) is 11.8 Å². The lowest BCUT2D eigenvalue weighted by molar-refractivity contribution is -0.140. The zero-order chi connectivity index (χ0) is 26.7. The zero-order valence-electron chi connectivity index (χ0n) is 21.9. The Hall–Kier alpha value is -3.07. The van der Waals surface area contributed by atoms with Crippen molar-refractivity contribution in [1.82, 2.24) is 10.2 Å². The largest absolute Gasteiger partial charge is 0.492 e. The molecule has 2 aromatic rings. The van der Waals surface area contributed by atoms with E-state index in [9.17, 15) is 18.0 Å². The van der Waals surface area contributed by atoms with E-state index in [2.05, 4.69) is 5.32 Å². The van der Waals surface area contributed by atoms with Crippen LogP contribution in [-0.4, -0.2) is 57.1 Å². The molecule has 8 nitrogen and oxygen atoms in total. The molecule has 2 amide bonds. The standard InChI is InChI=1S/C27H39N3O5S/c1-6-35-25-16-11-10-15-24(25)30(36(5,33)34)18-12-17-26(31)29(20-23-13-8-7-9-14-23)22(4)27(32)28-19-21(2)3/h7-11,13-16,21-22H,6,12,17-20H2,1-5H3,(H,28,32)/t22-/m0/s1. The minimum absolute atomic E-state index is 0.0947. The number of amides is 2. The minimum Gasteiger partial charge on any atom is -0.492 e. The van der Waals surface area contributed by atoms with Gasteiger partial charge in [0.05, 0.1) is 18.6 Å². The molecule has 0 heterocycles. The summed E-state index contributed by atoms with van der Waals surface area (Å²) in [5, 5.41) is 2.90. The Morgan fingerprint density at radius 1 is 1.00 bits per heavy atom. The molecule has 0 aliphatic carbocycles. The quantitative estimate of drug-likeness (QED) is 0.411. The Morgan fingerprint density at radius 2 is 1.64 bits per heavy atom. The summed E-state index contributed by atoms with van der Waals surface area (Å²) in [6.07, 6.45) is 1.52. The highest BCUT2D eigenvalue weighted by Gasteiger charge is 2.27. The van der Waals surface area contributed by atoms with Crippen LogP contribution in [0.15, 0.2) is 54.6 Å². The fourth-order valence-corrected chi connectivity index (χ4v) is 4.71. The Kier molecular flexibility index (Phi) is 11.2. The van der Waals surface area contributed by atoms with Gasteiger partial charge in [-0.2, -0.15) is 0 Å². The zero-order valence-corrected chi connectivity index (χ0v) is 22.8. The van der Waals surface area contributed by atoms with Crippen LogP contribution in [-0.2, 0) is 26.2 Å². The lowest BCUT2D eigenvalue weighted by Gasteiger charge is -2.30. The van der Waals surface area contributed by atoms with E-state index in [-0.39, 0.29) is 31.2 Å². The molecule has 0 radical (unpaired) electrons. The number of rotatable bonds is 14. The lowest BCUT2D eigenvalue weighted by Crippen LogP contribution is -2.48. The number of carbonyl (C=O) groups excluding carboxylic acids is 2. The number of anilines is 1. The van der Waals surface area contributed by atoms with Crippen molar-refractivity contribution in [3.05, 3.63) is 60.2 Å². The van der Waals surface area contributed by atoms with Gasteiger partial charge in [-0.05, 0) is 43.9 Å². The highest BCUT2D eigenvalue weighted by Crippen LogP contribution is 2.30. The number of hydrogen-bond acceptors (Lipinski definition) is 5. The Morgan fingerprint density at radius 3 is 2.25 bits per heavy atom. The number of benzene rings is 2. The van der Waals surface area contributed by atoms with Gasteiger partial charge in [-0.25, -0.2) is 8.42 Å². The summed E-state index contributed by atoms with van der Waals surface area (Å²) in [5.41, 5.74) is 1.36. The Balaban J connectivity index is 2.17. The summed E-state index contributed by atoms with van der Waals surface area (Å²) in [6, 6.07) is 15.8. The molecule has 0 aromatic heterocycles. The fraction of sp³-hybridized carbons (Fsp3) is 0.481. The predicted molar refractivity (Wildman–Crippen MR) is 143 cm³/mol. The van der Waals surface area contributed by atoms with Gasteiger partial charge in [0.25, 0.3) is 0 Å². The molecule has 2 rings (SSSR count). The van der Waals surface area contributed by atoms with E-state index in [1.165, 1.54) is 4.31 Å². The van der Waals surface area contributed by atoms with Crippen molar-refractivity contribution >= 4 is 27.5 Å². The van der Waals surface area contributed by atoms with Gasteiger partial charge < -0.3 is 15.0 Å². The van der Waals surface area contributed by atoms with Gasteiger partial charge in [0, 0.05) is 26.1 Å². The average Bonchev–Trinajstić information content (AvgIpc) is 2.83. The summed E-state index contributed by atoms with van der Waals surface area (Å²) in [7, 11) is -3.61. The topological polar surface area (TPSA) is 96.0 Å². The molecule has 0 saturated carbocycles. The first kappa shape index (κ1) is 29.2. The second-order valence-electron chi connectivity index (χ2n) is 9.16. The first-order chi connectivity index (χ1) is 17.0. The Bertz CT molecular complexity index is 1090. The first-order valence-electron chi connectivity index (χ1n) is 12.3. The number of ether oxygens (including phenoxy) is 1. The highest BCUT2D eigenvalue weighted by atomic mass is 32.2. The Labute approximate surface area is 215 Å². The van der Waals surface area contributed by atoms with Crippen LogP contribution in [0.4, 0.5) is 5.69 Å². The average molecular weight is 518 g/mol. The number of carbonyl (C=O) groups is 2. The summed E-state index contributed by atoms with van der Waals surface area (Å²) < 4.78 is 32.1. The van der Waals surface area contributed by atoms with Crippen LogP contribution in [0.1, 0.15) is 46.1 Å². The van der Waals surface area contributed by atoms with Crippen molar-refractivity contribution in [3.63, 3.8) is 0 Å². The van der Waals surface area contributed by atoms with Crippen LogP contribution in [0.5, 0.6) is 5.75 Å². The minimum atomic E-state index is -3.61. The van der Waals surface area contributed by atoms with Gasteiger partial charge in [0.2, 0.25) is 21.8 Å². The number of nitrogens with zero attached hydrogens (tertiary/aromatic N) is 2. The van der Waals surface area contributed by atoms with Crippen LogP contribution < -0.4 is 14.4 Å². The molecule has 36 heavy (non-hydrogen) atoms. The summed E-state index contributed by atoms with van der Waals surface area (Å²) in [4.78, 5) is 27.7. The van der Waals surface area contributed by atoms with Crippen LogP contribution in [0.2, 0.25) is 0 Å². The molecule has 0 fully saturated rings. The third-order valence-electron chi connectivity index (χ3n) is 5.63. The number of hydrogen-bond donors (Lipinski definition) is 1. The lowest BCUT2D eigenvalue weighted by atomic mass is 10.1. The van der Waals surface area contributed by atoms with E-state index in [4.69, 9.17) is 4.74 Å². The summed E-state index contributed by atoms with van der Waals surface area (Å²) in [5.74, 6) is 0.341. The number of para-hydroxylation sites is 2. The van der Waals surface area contributed by atoms with Gasteiger partial charge in [0.1, 0.15) is 11.8 Å². The second kappa shape index (κ2) is 13.9. The smallest absolute Gasteiger partial charge is 0.242 e. The predicted octanol–water partition coefficient (Wildman–Crippen LogP) is 3.82. The third kappa shape index (κ3) is 8.86. The molecular formula is C27H39N3O5S. The molecule has 9 heteroatoms. The van der Waals surface area contributed by atoms with Crippen molar-refractivity contribution in [2.75, 3.05) is 30.3 Å². The van der Waals surface area contributed by atoms with E-state index in [0.29, 0.717) is 37.1 Å². The van der Waals surface area contributed by atoms with Crippen LogP contribution in [0.3, 0.4) is 0 Å². The van der Waals surface area contributed by atoms with Gasteiger partial charge in [-0.15, -0.1) is 0 Å². The highest BCUT2D eigenvalue weighted by molar-refractivity contribution is 7.92. The van der Waals surface area contributed by atoms with Crippen molar-refractivity contribution in [3.8, 4) is 5.75 Å². The van der Waals surface area contributed by atoms with E-state index in [1.54, 1.807) is 36.1 Å². The first-order valence-corrected chi connectivity index (χ1v) is 14.2. The third-order valence-corrected chi connectivity index (χ3v) is 6.81. The maximum absolute atomic E-state index is 13.3. The van der Waals surface area contributed by atoms with E-state index >= 15 is 0 Å². The molecule has 0 spiro atoms. The molecule has 0 aliphatic heterocycles. The molecule has 0 saturated heterocycles. The number of nitrogens with one attached hydrogen (secondary N) is 1. The van der Waals surface area contributed by atoms with Crippen molar-refractivity contribution in [1.29, 1.82) is 0 Å². The maximum Gasteiger partial charge on any atom is 0.242 e. The van der Waals surface area contributed by atoms with Crippen LogP contribution in [0, 0.1) is 5.92 Å². The summed E-state index contributed by atoms with van der Waals surface area (Å²) >= 11 is 0. The SMILES string of the molecule is CCOc1ccccc1N(CCCC(=O)N(Cc1ccccc1)[C@@H](C)C(=O)NCC(C)C)S(C)(=O)=O. The molecule has 198 valence electrons. The van der Waals surface area contributed by atoms with E-state index < -0.39 is 16.1 Å². The fourth-order valence-electron chi connectivity index (χ4n) is 3.74. The number of sulfonamides is 1. The molecule has 0 bridgehead atoms. The normalized spacial score (nSPS) is 12.2. The molecular weight excluding hydrogens is 478 g/mol. The van der Waals surface area contributed by atoms with E-state index in [1.807, 2.05) is 51.1 Å². The molecule has 0 aliphatic rings. The van der Waals surface area contributed by atoms with Gasteiger partial charge in [-0.1, -0.05) is 56.3 Å². The van der Waals surface area contributed by atoms with Crippen LogP contribution >= 0.6 is 0 Å². The van der Waals surface area contributed by atoms with Crippen molar-refractivity contribution in [2.24, 2.45) is 5.92 Å². The van der Waals surface area contributed by atoms with Crippen molar-refractivity contribution in [2.45, 2.75) is 53.1 Å². The summed E-state index contributed by atoms with van der Waals surface area (Å²) in [6.45, 7) is 8.90. The van der Waals surface area contributed by atoms with Gasteiger partial charge >= 0.3 is 0 Å². The van der Waals surface area contributed by atoms with Crippen molar-refractivity contribution < 1.29 is 22.7 Å². The van der Waals surface area contributed by atoms with Gasteiger partial charge in [-0.3, -0.25) is 13.9 Å². The molecule has 1 atom stereocenters. The second-order valence-corrected chi connectivity index (χ2v) is 11.1. The maximum atomic E-state index is 13.3.